The number of hydrogen-bond donors (Lipinski definition) is 0. The van der Waals surface area contributed by atoms with E-state index in [-0.39, 0.29) is 12.3 Å². The monoisotopic (exact) mass is 469 g/mol. The van der Waals surface area contributed by atoms with Gasteiger partial charge < -0.3 is 19.1 Å². The van der Waals surface area contributed by atoms with Crippen LogP contribution in [0.5, 0.6) is 11.5 Å². The number of halogens is 1. The first kappa shape index (κ1) is 22.7. The van der Waals surface area contributed by atoms with Crippen molar-refractivity contribution in [2.24, 2.45) is 0 Å². The van der Waals surface area contributed by atoms with Crippen molar-refractivity contribution < 1.29 is 23.8 Å². The Labute approximate surface area is 196 Å². The van der Waals surface area contributed by atoms with Crippen LogP contribution in [-0.2, 0) is 16.0 Å². The third kappa shape index (κ3) is 4.52. The van der Waals surface area contributed by atoms with E-state index in [0.29, 0.717) is 35.1 Å². The van der Waals surface area contributed by atoms with Crippen molar-refractivity contribution >= 4 is 23.5 Å². The van der Waals surface area contributed by atoms with Crippen LogP contribution >= 0.6 is 11.6 Å². The fraction of sp³-hybridized carbons (Fsp3) is 0.292. The third-order valence-electron chi connectivity index (χ3n) is 5.75. The summed E-state index contributed by atoms with van der Waals surface area (Å²) in [7, 11) is 4.46. The maximum absolute atomic E-state index is 13.5. The number of amides is 1. The van der Waals surface area contributed by atoms with E-state index < -0.39 is 12.0 Å². The minimum atomic E-state index is -0.511. The molecule has 2 aromatic carbocycles. The van der Waals surface area contributed by atoms with E-state index in [2.05, 4.69) is 5.10 Å². The number of nitrogens with zero attached hydrogens (tertiary/aromatic N) is 3. The van der Waals surface area contributed by atoms with E-state index in [1.165, 1.54) is 13.3 Å². The second kappa shape index (κ2) is 9.54. The van der Waals surface area contributed by atoms with Gasteiger partial charge in [-0.05, 0) is 47.9 Å². The average Bonchev–Trinajstić information content (AvgIpc) is 3.33. The Morgan fingerprint density at radius 3 is 2.58 bits per heavy atom. The molecule has 2 heterocycles. The zero-order chi connectivity index (χ0) is 23.5. The quantitative estimate of drug-likeness (QED) is 0.510. The smallest absolute Gasteiger partial charge is 0.307 e. The van der Waals surface area contributed by atoms with Crippen LogP contribution in [0.4, 0.5) is 0 Å². The predicted octanol–water partition coefficient (Wildman–Crippen LogP) is 3.85. The molecule has 3 aromatic rings. The summed E-state index contributed by atoms with van der Waals surface area (Å²) in [4.78, 5) is 27.5. The van der Waals surface area contributed by atoms with Crippen LogP contribution < -0.4 is 9.47 Å². The highest BCUT2D eigenvalue weighted by Crippen LogP contribution is 2.40. The zero-order valence-corrected chi connectivity index (χ0v) is 19.3. The van der Waals surface area contributed by atoms with E-state index in [1.54, 1.807) is 42.1 Å². The van der Waals surface area contributed by atoms with Crippen molar-refractivity contribution in [1.82, 2.24) is 14.7 Å². The van der Waals surface area contributed by atoms with Crippen LogP contribution in [0.25, 0.3) is 5.69 Å². The lowest BCUT2D eigenvalue weighted by atomic mass is 9.89. The first-order chi connectivity index (χ1) is 15.9. The molecule has 1 aromatic heterocycles. The van der Waals surface area contributed by atoms with Crippen LogP contribution in [0.2, 0.25) is 5.02 Å². The maximum Gasteiger partial charge on any atom is 0.307 e. The molecule has 33 heavy (non-hydrogen) atoms. The molecule has 1 aliphatic heterocycles. The summed E-state index contributed by atoms with van der Waals surface area (Å²) in [5.74, 6) is 0.512. The van der Waals surface area contributed by atoms with Crippen molar-refractivity contribution in [3.63, 3.8) is 0 Å². The Balaban J connectivity index is 1.69. The number of fused-ring (bicyclic) bond motifs is 1. The van der Waals surface area contributed by atoms with Crippen LogP contribution in [0.15, 0.2) is 48.8 Å². The van der Waals surface area contributed by atoms with Crippen LogP contribution in [0.3, 0.4) is 0 Å². The fourth-order valence-electron chi connectivity index (χ4n) is 4.09. The minimum Gasteiger partial charge on any atom is -0.493 e. The summed E-state index contributed by atoms with van der Waals surface area (Å²) in [6, 6.07) is 10.4. The van der Waals surface area contributed by atoms with Gasteiger partial charge in [0.1, 0.15) is 0 Å². The second-order valence-electron chi connectivity index (χ2n) is 7.60. The van der Waals surface area contributed by atoms with E-state index in [0.717, 1.165) is 16.8 Å². The molecule has 0 radical (unpaired) electrons. The molecule has 1 amide bonds. The summed E-state index contributed by atoms with van der Waals surface area (Å²) in [5.41, 5.74) is 2.99. The van der Waals surface area contributed by atoms with Gasteiger partial charge in [0.15, 0.2) is 11.5 Å². The zero-order valence-electron chi connectivity index (χ0n) is 18.6. The number of methoxy groups -OCH3 is 3. The Morgan fingerprint density at radius 1 is 1.12 bits per heavy atom. The van der Waals surface area contributed by atoms with E-state index >= 15 is 0 Å². The highest BCUT2D eigenvalue weighted by molar-refractivity contribution is 6.30. The molecule has 0 spiro atoms. The van der Waals surface area contributed by atoms with Gasteiger partial charge in [0.2, 0.25) is 0 Å². The van der Waals surface area contributed by atoms with E-state index in [1.807, 2.05) is 24.3 Å². The summed E-state index contributed by atoms with van der Waals surface area (Å²) in [5, 5.41) is 4.90. The first-order valence-electron chi connectivity index (χ1n) is 10.4. The normalized spacial score (nSPS) is 15.0. The molecule has 0 bridgehead atoms. The molecule has 0 N–H and O–H groups in total. The van der Waals surface area contributed by atoms with Gasteiger partial charge >= 0.3 is 5.97 Å². The molecule has 1 unspecified atom stereocenters. The van der Waals surface area contributed by atoms with Gasteiger partial charge in [-0.15, -0.1) is 0 Å². The maximum atomic E-state index is 13.5. The summed E-state index contributed by atoms with van der Waals surface area (Å²) < 4.78 is 17.4. The predicted molar refractivity (Wildman–Crippen MR) is 122 cm³/mol. The van der Waals surface area contributed by atoms with Crippen LogP contribution in [-0.4, -0.2) is 54.4 Å². The summed E-state index contributed by atoms with van der Waals surface area (Å²) >= 11 is 6.08. The largest absolute Gasteiger partial charge is 0.493 e. The average molecular weight is 470 g/mol. The number of rotatable bonds is 6. The first-order valence-corrected chi connectivity index (χ1v) is 10.8. The standard InChI is InChI=1S/C24H24ClN3O5/c1-31-21-9-15-7-8-27(20(12-23(29)33-3)19(15)11-22(21)32-2)24(30)16-13-26-28(14-16)18-6-4-5-17(25)10-18/h4-6,9-11,13-14,20H,7-8,12H2,1-3H3. The van der Waals surface area contributed by atoms with Crippen LogP contribution in [0.1, 0.15) is 33.9 Å². The molecule has 9 heteroatoms. The number of aromatic nitrogens is 2. The lowest BCUT2D eigenvalue weighted by Gasteiger charge is -2.37. The second-order valence-corrected chi connectivity index (χ2v) is 8.04. The lowest BCUT2D eigenvalue weighted by molar-refractivity contribution is -0.141. The van der Waals surface area contributed by atoms with Crippen molar-refractivity contribution in [3.05, 3.63) is 70.5 Å². The van der Waals surface area contributed by atoms with Crippen LogP contribution in [0, 0.1) is 0 Å². The molecule has 4 rings (SSSR count). The number of carbonyl (C=O) groups is 2. The molecule has 0 fully saturated rings. The summed E-state index contributed by atoms with van der Waals surface area (Å²) in [6.45, 7) is 0.436. The molecule has 0 saturated heterocycles. The lowest BCUT2D eigenvalue weighted by Crippen LogP contribution is -2.41. The SMILES string of the molecule is COC(=O)CC1c2cc(OC)c(OC)cc2CCN1C(=O)c1cnn(-c2cccc(Cl)c2)c1. The van der Waals surface area contributed by atoms with Crippen molar-refractivity contribution in [2.45, 2.75) is 18.9 Å². The summed E-state index contributed by atoms with van der Waals surface area (Å²) in [6.07, 6.45) is 3.81. The molecule has 8 nitrogen and oxygen atoms in total. The van der Waals surface area contributed by atoms with E-state index in [4.69, 9.17) is 25.8 Å². The Bertz CT molecular complexity index is 1190. The van der Waals surface area contributed by atoms with Crippen molar-refractivity contribution in [3.8, 4) is 17.2 Å². The molecular weight excluding hydrogens is 446 g/mol. The van der Waals surface area contributed by atoms with Gasteiger partial charge in [-0.3, -0.25) is 9.59 Å². The number of hydrogen-bond acceptors (Lipinski definition) is 6. The van der Waals surface area contributed by atoms with Gasteiger partial charge in [-0.2, -0.15) is 5.10 Å². The van der Waals surface area contributed by atoms with Gasteiger partial charge in [0.25, 0.3) is 5.91 Å². The topological polar surface area (TPSA) is 82.9 Å². The third-order valence-corrected chi connectivity index (χ3v) is 5.99. The highest BCUT2D eigenvalue weighted by atomic mass is 35.5. The minimum absolute atomic E-state index is 0.0210. The molecule has 172 valence electrons. The Hall–Kier alpha value is -3.52. The molecular formula is C24H24ClN3O5. The van der Waals surface area contributed by atoms with Crippen molar-refractivity contribution in [2.75, 3.05) is 27.9 Å². The van der Waals surface area contributed by atoms with E-state index in [9.17, 15) is 9.59 Å². The molecule has 0 saturated carbocycles. The number of ether oxygens (including phenoxy) is 3. The fourth-order valence-corrected chi connectivity index (χ4v) is 4.28. The Kier molecular flexibility index (Phi) is 6.55. The number of carbonyl (C=O) groups excluding carboxylic acids is 2. The molecule has 0 aliphatic carbocycles. The van der Waals surface area contributed by atoms with Gasteiger partial charge in [0, 0.05) is 17.8 Å². The van der Waals surface area contributed by atoms with Gasteiger partial charge in [0.05, 0.1) is 51.2 Å². The highest BCUT2D eigenvalue weighted by Gasteiger charge is 2.35. The molecule has 1 aliphatic rings. The number of esters is 1. The molecule has 1 atom stereocenters. The Morgan fingerprint density at radius 2 is 1.88 bits per heavy atom. The number of benzene rings is 2. The van der Waals surface area contributed by atoms with Gasteiger partial charge in [-0.1, -0.05) is 17.7 Å². The van der Waals surface area contributed by atoms with Gasteiger partial charge in [-0.25, -0.2) is 4.68 Å². The van der Waals surface area contributed by atoms with Crippen molar-refractivity contribution in [1.29, 1.82) is 0 Å².